The molecule has 186 valence electrons. The van der Waals surface area contributed by atoms with E-state index in [2.05, 4.69) is 5.32 Å². The lowest BCUT2D eigenvalue weighted by atomic mass is 10.1. The fraction of sp³-hybridized carbons (Fsp3) is 0.391. The molecular formula is C23H30ClN3O6S. The van der Waals surface area contributed by atoms with Gasteiger partial charge in [0.15, 0.2) is 0 Å². The number of hydrogen-bond acceptors (Lipinski definition) is 6. The Morgan fingerprint density at radius 2 is 1.74 bits per heavy atom. The summed E-state index contributed by atoms with van der Waals surface area (Å²) in [6.45, 7) is 1.38. The van der Waals surface area contributed by atoms with Gasteiger partial charge in [-0.3, -0.25) is 13.9 Å². The molecule has 0 aromatic heterocycles. The number of nitrogens with one attached hydrogen (secondary N) is 1. The first kappa shape index (κ1) is 27.3. The molecule has 0 aliphatic rings. The first-order valence-electron chi connectivity index (χ1n) is 10.5. The summed E-state index contributed by atoms with van der Waals surface area (Å²) in [6.07, 6.45) is 1.34. The van der Waals surface area contributed by atoms with Crippen molar-refractivity contribution < 1.29 is 27.5 Å². The van der Waals surface area contributed by atoms with E-state index in [0.717, 1.165) is 16.1 Å². The van der Waals surface area contributed by atoms with Crippen molar-refractivity contribution in [1.82, 2.24) is 10.2 Å². The van der Waals surface area contributed by atoms with Gasteiger partial charge < -0.3 is 19.7 Å². The standard InChI is InChI=1S/C23H30ClN3O6S/c1-6-20(23(29)25-2)26(14-16-7-10-18(32-3)11-8-16)22(28)15-27(34(5,30)31)17-9-12-21(33-4)19(24)13-17/h7-13,20H,6,14-15H2,1-5H3,(H,25,29)/t20-/m0/s1. The molecule has 0 heterocycles. The Bertz CT molecular complexity index is 1110. The molecule has 34 heavy (non-hydrogen) atoms. The molecule has 1 atom stereocenters. The van der Waals surface area contributed by atoms with E-state index in [9.17, 15) is 18.0 Å². The van der Waals surface area contributed by atoms with E-state index < -0.39 is 28.5 Å². The number of amides is 2. The number of hydrogen-bond donors (Lipinski definition) is 1. The summed E-state index contributed by atoms with van der Waals surface area (Å²) >= 11 is 6.18. The first-order valence-corrected chi connectivity index (χ1v) is 12.7. The highest BCUT2D eigenvalue weighted by Gasteiger charge is 2.31. The molecule has 0 bridgehead atoms. The molecule has 2 rings (SSSR count). The van der Waals surface area contributed by atoms with Crippen molar-refractivity contribution in [2.75, 3.05) is 38.4 Å². The van der Waals surface area contributed by atoms with Crippen LogP contribution in [0.3, 0.4) is 0 Å². The Kier molecular flexibility index (Phi) is 9.57. The Labute approximate surface area is 205 Å². The van der Waals surface area contributed by atoms with E-state index >= 15 is 0 Å². The zero-order chi connectivity index (χ0) is 25.5. The average Bonchev–Trinajstić information content (AvgIpc) is 2.81. The van der Waals surface area contributed by atoms with Crippen molar-refractivity contribution in [3.8, 4) is 11.5 Å². The van der Waals surface area contributed by atoms with Gasteiger partial charge in [0.25, 0.3) is 0 Å². The Morgan fingerprint density at radius 3 is 2.21 bits per heavy atom. The zero-order valence-electron chi connectivity index (χ0n) is 19.9. The minimum absolute atomic E-state index is 0.107. The van der Waals surface area contributed by atoms with Gasteiger partial charge in [-0.05, 0) is 42.3 Å². The smallest absolute Gasteiger partial charge is 0.244 e. The SMILES string of the molecule is CC[C@@H](C(=O)NC)N(Cc1ccc(OC)cc1)C(=O)CN(c1ccc(OC)c(Cl)c1)S(C)(=O)=O. The molecule has 0 unspecified atom stereocenters. The molecule has 2 amide bonds. The van der Waals surface area contributed by atoms with Crippen LogP contribution >= 0.6 is 11.6 Å². The van der Waals surface area contributed by atoms with Crippen LogP contribution in [0.25, 0.3) is 0 Å². The molecule has 0 aliphatic heterocycles. The molecule has 1 N–H and O–H groups in total. The van der Waals surface area contributed by atoms with Crippen molar-refractivity contribution in [3.63, 3.8) is 0 Å². The molecule has 0 spiro atoms. The second kappa shape index (κ2) is 11.9. The summed E-state index contributed by atoms with van der Waals surface area (Å²) in [5.41, 5.74) is 0.967. The molecule has 0 fully saturated rings. The van der Waals surface area contributed by atoms with Crippen molar-refractivity contribution in [3.05, 3.63) is 53.1 Å². The maximum atomic E-state index is 13.5. The zero-order valence-corrected chi connectivity index (χ0v) is 21.4. The van der Waals surface area contributed by atoms with Crippen LogP contribution in [0.4, 0.5) is 5.69 Å². The summed E-state index contributed by atoms with van der Waals surface area (Å²) in [5, 5.41) is 2.78. The van der Waals surface area contributed by atoms with E-state index in [0.29, 0.717) is 17.9 Å². The molecule has 11 heteroatoms. The van der Waals surface area contributed by atoms with Gasteiger partial charge in [-0.15, -0.1) is 0 Å². The molecular weight excluding hydrogens is 482 g/mol. The normalized spacial score (nSPS) is 11.9. The van der Waals surface area contributed by atoms with Crippen LogP contribution in [-0.2, 0) is 26.2 Å². The van der Waals surface area contributed by atoms with Crippen LogP contribution in [0.1, 0.15) is 18.9 Å². The van der Waals surface area contributed by atoms with Gasteiger partial charge in [0.1, 0.15) is 24.1 Å². The number of sulfonamides is 1. The number of carbonyl (C=O) groups is 2. The third-order valence-electron chi connectivity index (χ3n) is 5.25. The lowest BCUT2D eigenvalue weighted by Gasteiger charge is -2.32. The highest BCUT2D eigenvalue weighted by Crippen LogP contribution is 2.30. The van der Waals surface area contributed by atoms with Crippen LogP contribution in [0.5, 0.6) is 11.5 Å². The fourth-order valence-corrected chi connectivity index (χ4v) is 4.53. The minimum Gasteiger partial charge on any atom is -0.497 e. The number of nitrogens with zero attached hydrogens (tertiary/aromatic N) is 2. The molecule has 0 radical (unpaired) electrons. The summed E-state index contributed by atoms with van der Waals surface area (Å²) in [4.78, 5) is 27.4. The largest absolute Gasteiger partial charge is 0.497 e. The number of benzene rings is 2. The van der Waals surface area contributed by atoms with E-state index in [-0.39, 0.29) is 23.2 Å². The van der Waals surface area contributed by atoms with E-state index in [1.54, 1.807) is 38.3 Å². The Balaban J connectivity index is 2.43. The second-order valence-electron chi connectivity index (χ2n) is 7.50. The molecule has 2 aromatic rings. The number of halogens is 1. The maximum Gasteiger partial charge on any atom is 0.244 e. The Morgan fingerprint density at radius 1 is 1.09 bits per heavy atom. The van der Waals surface area contributed by atoms with Crippen LogP contribution < -0.4 is 19.1 Å². The van der Waals surface area contributed by atoms with Crippen LogP contribution in [0.15, 0.2) is 42.5 Å². The van der Waals surface area contributed by atoms with Crippen LogP contribution in [0.2, 0.25) is 5.02 Å². The van der Waals surface area contributed by atoms with Gasteiger partial charge in [-0.2, -0.15) is 0 Å². The number of anilines is 1. The fourth-order valence-electron chi connectivity index (χ4n) is 3.44. The van der Waals surface area contributed by atoms with Gasteiger partial charge in [-0.1, -0.05) is 30.7 Å². The summed E-state index contributed by atoms with van der Waals surface area (Å²) in [5.74, 6) is 0.142. The van der Waals surface area contributed by atoms with E-state index in [1.807, 2.05) is 0 Å². The number of likely N-dealkylation sites (N-methyl/N-ethyl adjacent to an activating group) is 1. The third-order valence-corrected chi connectivity index (χ3v) is 6.68. The minimum atomic E-state index is -3.85. The predicted molar refractivity (Wildman–Crippen MR) is 132 cm³/mol. The van der Waals surface area contributed by atoms with Crippen molar-refractivity contribution in [2.45, 2.75) is 25.9 Å². The molecule has 0 saturated carbocycles. The van der Waals surface area contributed by atoms with Gasteiger partial charge in [-0.25, -0.2) is 8.42 Å². The lowest BCUT2D eigenvalue weighted by molar-refractivity contribution is -0.140. The lowest BCUT2D eigenvalue weighted by Crippen LogP contribution is -2.51. The van der Waals surface area contributed by atoms with Gasteiger partial charge in [0.05, 0.1) is 31.2 Å². The maximum absolute atomic E-state index is 13.5. The molecule has 9 nitrogen and oxygen atoms in total. The monoisotopic (exact) mass is 511 g/mol. The topological polar surface area (TPSA) is 105 Å². The third kappa shape index (κ3) is 6.77. The van der Waals surface area contributed by atoms with E-state index in [4.69, 9.17) is 21.1 Å². The predicted octanol–water partition coefficient (Wildman–Crippen LogP) is 2.68. The summed E-state index contributed by atoms with van der Waals surface area (Å²) in [7, 11) is 0.630. The number of ether oxygens (including phenoxy) is 2. The van der Waals surface area contributed by atoms with Crippen molar-refractivity contribution in [2.24, 2.45) is 0 Å². The summed E-state index contributed by atoms with van der Waals surface area (Å²) < 4.78 is 36.5. The van der Waals surface area contributed by atoms with Gasteiger partial charge >= 0.3 is 0 Å². The Hall–Kier alpha value is -2.98. The molecule has 0 aliphatic carbocycles. The average molecular weight is 512 g/mol. The number of methoxy groups -OCH3 is 2. The van der Waals surface area contributed by atoms with Crippen molar-refractivity contribution >= 4 is 39.1 Å². The van der Waals surface area contributed by atoms with Crippen molar-refractivity contribution in [1.29, 1.82) is 0 Å². The van der Waals surface area contributed by atoms with E-state index in [1.165, 1.54) is 37.3 Å². The summed E-state index contributed by atoms with van der Waals surface area (Å²) in [6, 6.07) is 10.7. The molecule has 2 aromatic carbocycles. The van der Waals surface area contributed by atoms with Gasteiger partial charge in [0.2, 0.25) is 21.8 Å². The van der Waals surface area contributed by atoms with Crippen LogP contribution in [0, 0.1) is 0 Å². The highest BCUT2D eigenvalue weighted by atomic mass is 35.5. The highest BCUT2D eigenvalue weighted by molar-refractivity contribution is 7.92. The first-order chi connectivity index (χ1) is 16.0. The molecule has 0 saturated heterocycles. The second-order valence-corrected chi connectivity index (χ2v) is 9.81. The van der Waals surface area contributed by atoms with Gasteiger partial charge in [0, 0.05) is 13.6 Å². The van der Waals surface area contributed by atoms with Crippen LogP contribution in [-0.4, -0.2) is 65.2 Å². The number of rotatable bonds is 11. The quantitative estimate of drug-likeness (QED) is 0.497. The number of carbonyl (C=O) groups excluding carboxylic acids is 2.